The molecule has 0 aliphatic carbocycles. The number of ether oxygens (including phenoxy) is 2. The zero-order valence-electron chi connectivity index (χ0n) is 12.4. The van der Waals surface area contributed by atoms with Crippen LogP contribution in [-0.2, 0) is 11.2 Å². The lowest BCUT2D eigenvalue weighted by Gasteiger charge is -2.24. The minimum atomic E-state index is -0.279. The van der Waals surface area contributed by atoms with Crippen LogP contribution in [0.5, 0.6) is 11.5 Å². The Labute approximate surface area is 125 Å². The third kappa shape index (κ3) is 3.56. The monoisotopic (exact) mass is 284 g/mol. The Morgan fingerprint density at radius 1 is 1.05 bits per heavy atom. The molecule has 2 aromatic rings. The molecule has 21 heavy (non-hydrogen) atoms. The van der Waals surface area contributed by atoms with Crippen molar-refractivity contribution in [3.8, 4) is 11.5 Å². The van der Waals surface area contributed by atoms with Crippen molar-refractivity contribution >= 4 is 0 Å². The normalized spacial score (nSPS) is 17.5. The molecule has 0 saturated carbocycles. The molecule has 1 aliphatic heterocycles. The van der Waals surface area contributed by atoms with Crippen LogP contribution in [0.15, 0.2) is 48.5 Å². The number of aromatic hydroxyl groups is 1. The van der Waals surface area contributed by atoms with Gasteiger partial charge in [0.1, 0.15) is 23.2 Å². The maximum atomic E-state index is 9.29. The predicted octanol–water partition coefficient (Wildman–Crippen LogP) is 3.54. The van der Waals surface area contributed by atoms with Crippen molar-refractivity contribution in [1.82, 2.24) is 0 Å². The number of phenols is 1. The molecule has 3 rings (SSSR count). The zero-order valence-corrected chi connectivity index (χ0v) is 12.4. The van der Waals surface area contributed by atoms with Crippen molar-refractivity contribution in [3.05, 3.63) is 59.7 Å². The molecule has 1 unspecified atom stereocenters. The Hall–Kier alpha value is -2.00. The minimum Gasteiger partial charge on any atom is -0.508 e. The number of hydrogen-bond acceptors (Lipinski definition) is 3. The summed E-state index contributed by atoms with van der Waals surface area (Å²) in [5, 5.41) is 9.29. The van der Waals surface area contributed by atoms with E-state index < -0.39 is 0 Å². The van der Waals surface area contributed by atoms with E-state index in [1.807, 2.05) is 24.3 Å². The van der Waals surface area contributed by atoms with Gasteiger partial charge in [-0.1, -0.05) is 24.3 Å². The van der Waals surface area contributed by atoms with Gasteiger partial charge in [-0.15, -0.1) is 0 Å². The van der Waals surface area contributed by atoms with Crippen LogP contribution < -0.4 is 4.74 Å². The Morgan fingerprint density at radius 2 is 1.57 bits per heavy atom. The molecular formula is C18H20O3. The summed E-state index contributed by atoms with van der Waals surface area (Å²) in [6.07, 6.45) is 1.05. The molecule has 0 aromatic heterocycles. The van der Waals surface area contributed by atoms with Crippen LogP contribution in [-0.4, -0.2) is 23.4 Å². The molecule has 3 nitrogen and oxygen atoms in total. The molecule has 0 spiro atoms. The van der Waals surface area contributed by atoms with E-state index in [2.05, 4.69) is 26.0 Å². The van der Waals surface area contributed by atoms with Crippen LogP contribution in [0.2, 0.25) is 0 Å². The SMILES string of the molecule is CC(C)(Oc1ccc(Cc2ccc(O)cc2)cc1)C1CO1. The first-order valence-electron chi connectivity index (χ1n) is 7.20. The first kappa shape index (κ1) is 14.0. The summed E-state index contributed by atoms with van der Waals surface area (Å²) in [6.45, 7) is 4.88. The second kappa shape index (κ2) is 5.41. The van der Waals surface area contributed by atoms with Crippen LogP contribution in [0.3, 0.4) is 0 Å². The highest BCUT2D eigenvalue weighted by Crippen LogP contribution is 2.29. The molecule has 0 radical (unpaired) electrons. The van der Waals surface area contributed by atoms with Crippen molar-refractivity contribution in [1.29, 1.82) is 0 Å². The summed E-state index contributed by atoms with van der Waals surface area (Å²) in [5.41, 5.74) is 2.11. The number of phenolic OH excluding ortho intramolecular Hbond substituents is 1. The van der Waals surface area contributed by atoms with Gasteiger partial charge >= 0.3 is 0 Å². The van der Waals surface area contributed by atoms with Crippen molar-refractivity contribution in [2.24, 2.45) is 0 Å². The molecule has 1 saturated heterocycles. The van der Waals surface area contributed by atoms with Crippen LogP contribution in [0.4, 0.5) is 0 Å². The van der Waals surface area contributed by atoms with Crippen LogP contribution in [0, 0.1) is 0 Å². The van der Waals surface area contributed by atoms with E-state index in [0.29, 0.717) is 5.75 Å². The van der Waals surface area contributed by atoms with E-state index in [1.54, 1.807) is 12.1 Å². The Bertz CT molecular complexity index is 595. The molecular weight excluding hydrogens is 264 g/mol. The van der Waals surface area contributed by atoms with Gasteiger partial charge in [-0.2, -0.15) is 0 Å². The highest BCUT2D eigenvalue weighted by atomic mass is 16.6. The third-order valence-corrected chi connectivity index (χ3v) is 3.76. The van der Waals surface area contributed by atoms with Gasteiger partial charge < -0.3 is 14.6 Å². The Kier molecular flexibility index (Phi) is 3.60. The smallest absolute Gasteiger partial charge is 0.132 e. The molecule has 2 aromatic carbocycles. The van der Waals surface area contributed by atoms with Gasteiger partial charge in [-0.25, -0.2) is 0 Å². The molecule has 1 N–H and O–H groups in total. The van der Waals surface area contributed by atoms with Crippen LogP contribution in [0.25, 0.3) is 0 Å². The number of rotatable bonds is 5. The summed E-state index contributed by atoms with van der Waals surface area (Å²) in [7, 11) is 0. The van der Waals surface area contributed by atoms with Crippen LogP contribution >= 0.6 is 0 Å². The topological polar surface area (TPSA) is 42.0 Å². The first-order chi connectivity index (χ1) is 10.0. The molecule has 110 valence electrons. The maximum Gasteiger partial charge on any atom is 0.132 e. The van der Waals surface area contributed by atoms with E-state index in [1.165, 1.54) is 11.1 Å². The lowest BCUT2D eigenvalue weighted by atomic mass is 10.0. The molecule has 0 bridgehead atoms. The molecule has 0 amide bonds. The Morgan fingerprint density at radius 3 is 2.10 bits per heavy atom. The van der Waals surface area contributed by atoms with Gasteiger partial charge in [0.15, 0.2) is 0 Å². The van der Waals surface area contributed by atoms with Gasteiger partial charge in [0, 0.05) is 0 Å². The maximum absolute atomic E-state index is 9.29. The highest BCUT2D eigenvalue weighted by Gasteiger charge is 2.41. The number of epoxide rings is 1. The lowest BCUT2D eigenvalue weighted by Crippen LogP contribution is -2.34. The molecule has 1 aliphatic rings. The first-order valence-corrected chi connectivity index (χ1v) is 7.20. The summed E-state index contributed by atoms with van der Waals surface area (Å²) in [6, 6.07) is 15.5. The Balaban J connectivity index is 1.65. The van der Waals surface area contributed by atoms with Gasteiger partial charge in [0.2, 0.25) is 0 Å². The van der Waals surface area contributed by atoms with Gasteiger partial charge in [-0.3, -0.25) is 0 Å². The second-order valence-corrected chi connectivity index (χ2v) is 6.01. The van der Waals surface area contributed by atoms with Crippen LogP contribution in [0.1, 0.15) is 25.0 Å². The largest absolute Gasteiger partial charge is 0.508 e. The number of hydrogen-bond donors (Lipinski definition) is 1. The van der Waals surface area contributed by atoms with E-state index in [9.17, 15) is 5.11 Å². The third-order valence-electron chi connectivity index (χ3n) is 3.76. The zero-order chi connectivity index (χ0) is 14.9. The fraction of sp³-hybridized carbons (Fsp3) is 0.333. The standard InChI is InChI=1S/C18H20O3/c1-18(2,17-12-20-17)21-16-9-5-14(6-10-16)11-13-3-7-15(19)8-4-13/h3-10,17,19H,11-12H2,1-2H3. The summed E-state index contributed by atoms with van der Waals surface area (Å²) in [4.78, 5) is 0. The average Bonchev–Trinajstić information content (AvgIpc) is 3.28. The fourth-order valence-electron chi connectivity index (χ4n) is 2.34. The van der Waals surface area contributed by atoms with E-state index in [0.717, 1.165) is 18.8 Å². The molecule has 3 heteroatoms. The summed E-state index contributed by atoms with van der Waals surface area (Å²) >= 11 is 0. The van der Waals surface area contributed by atoms with Crippen molar-refractivity contribution in [2.75, 3.05) is 6.61 Å². The predicted molar refractivity (Wildman–Crippen MR) is 81.8 cm³/mol. The van der Waals surface area contributed by atoms with E-state index in [-0.39, 0.29) is 11.7 Å². The number of benzene rings is 2. The second-order valence-electron chi connectivity index (χ2n) is 6.01. The van der Waals surface area contributed by atoms with E-state index in [4.69, 9.17) is 9.47 Å². The van der Waals surface area contributed by atoms with E-state index >= 15 is 0 Å². The van der Waals surface area contributed by atoms with Gasteiger partial charge in [0.05, 0.1) is 6.61 Å². The lowest BCUT2D eigenvalue weighted by molar-refractivity contribution is 0.0744. The average molecular weight is 284 g/mol. The van der Waals surface area contributed by atoms with Gasteiger partial charge in [0.25, 0.3) is 0 Å². The fourth-order valence-corrected chi connectivity index (χ4v) is 2.34. The molecule has 1 fully saturated rings. The van der Waals surface area contributed by atoms with Crippen molar-refractivity contribution in [2.45, 2.75) is 32.0 Å². The quantitative estimate of drug-likeness (QED) is 0.854. The molecule has 1 atom stereocenters. The van der Waals surface area contributed by atoms with Gasteiger partial charge in [-0.05, 0) is 55.7 Å². The van der Waals surface area contributed by atoms with Crippen molar-refractivity contribution < 1.29 is 14.6 Å². The highest BCUT2D eigenvalue weighted by molar-refractivity contribution is 5.33. The summed E-state index contributed by atoms with van der Waals surface area (Å²) < 4.78 is 11.3. The molecule has 1 heterocycles. The van der Waals surface area contributed by atoms with Crippen molar-refractivity contribution in [3.63, 3.8) is 0 Å². The minimum absolute atomic E-state index is 0.203. The summed E-state index contributed by atoms with van der Waals surface area (Å²) in [5.74, 6) is 1.16.